The van der Waals surface area contributed by atoms with Gasteiger partial charge in [0.25, 0.3) is 0 Å². The van der Waals surface area contributed by atoms with Crippen LogP contribution in [0.3, 0.4) is 0 Å². The minimum Gasteiger partial charge on any atom is -0.354 e. The maximum absolute atomic E-state index is 12.1. The molecule has 2 aromatic rings. The summed E-state index contributed by atoms with van der Waals surface area (Å²) in [6.07, 6.45) is 1.87. The Kier molecular flexibility index (Phi) is 4.45. The van der Waals surface area contributed by atoms with Crippen LogP contribution in [0.2, 0.25) is 15.1 Å². The van der Waals surface area contributed by atoms with Crippen molar-refractivity contribution < 1.29 is 4.79 Å². The summed E-state index contributed by atoms with van der Waals surface area (Å²) in [6, 6.07) is 10.6. The number of hydrogen-bond acceptors (Lipinski definition) is 2. The summed E-state index contributed by atoms with van der Waals surface area (Å²) >= 11 is 18.2. The first-order valence-corrected chi connectivity index (χ1v) is 8.34. The van der Waals surface area contributed by atoms with Crippen LogP contribution < -0.4 is 10.6 Å². The zero-order valence-corrected chi connectivity index (χ0v) is 14.7. The average molecular weight is 370 g/mol. The van der Waals surface area contributed by atoms with Crippen molar-refractivity contribution in [2.24, 2.45) is 5.41 Å². The molecule has 0 aliphatic heterocycles. The molecule has 6 heteroatoms. The number of halogens is 3. The Hall–Kier alpha value is -1.42. The van der Waals surface area contributed by atoms with Gasteiger partial charge < -0.3 is 10.6 Å². The summed E-state index contributed by atoms with van der Waals surface area (Å²) < 4.78 is 0. The minimum absolute atomic E-state index is 0.0405. The summed E-state index contributed by atoms with van der Waals surface area (Å²) in [5.41, 5.74) is 1.97. The third-order valence-electron chi connectivity index (χ3n) is 3.97. The van der Waals surface area contributed by atoms with Gasteiger partial charge in [0.2, 0.25) is 5.91 Å². The standard InChI is InChI=1S/C17H15Cl3N2O/c1-17(6-7-17)16(23)22-11-3-5-15(14(20)9-11)21-10-2-4-12(18)13(19)8-10/h2-5,8-9,21H,6-7H2,1H3,(H,22,23). The second-order valence-corrected chi connectivity index (χ2v) is 7.18. The smallest absolute Gasteiger partial charge is 0.230 e. The van der Waals surface area contributed by atoms with Crippen LogP contribution in [0.15, 0.2) is 36.4 Å². The second-order valence-electron chi connectivity index (χ2n) is 5.96. The lowest BCUT2D eigenvalue weighted by molar-refractivity contribution is -0.120. The van der Waals surface area contributed by atoms with Crippen LogP contribution >= 0.6 is 34.8 Å². The minimum atomic E-state index is -0.219. The highest BCUT2D eigenvalue weighted by Crippen LogP contribution is 2.45. The van der Waals surface area contributed by atoms with E-state index >= 15 is 0 Å². The largest absolute Gasteiger partial charge is 0.354 e. The second kappa shape index (κ2) is 6.23. The van der Waals surface area contributed by atoms with Gasteiger partial charge in [-0.1, -0.05) is 41.7 Å². The van der Waals surface area contributed by atoms with E-state index in [-0.39, 0.29) is 11.3 Å². The van der Waals surface area contributed by atoms with E-state index in [2.05, 4.69) is 10.6 Å². The first-order chi connectivity index (χ1) is 10.9. The van der Waals surface area contributed by atoms with Crippen molar-refractivity contribution in [1.82, 2.24) is 0 Å². The Morgan fingerprint density at radius 3 is 2.22 bits per heavy atom. The molecule has 120 valence electrons. The molecule has 0 aromatic heterocycles. The third-order valence-corrected chi connectivity index (χ3v) is 5.03. The molecule has 2 N–H and O–H groups in total. The molecule has 3 rings (SSSR count). The highest BCUT2D eigenvalue weighted by molar-refractivity contribution is 6.42. The fourth-order valence-electron chi connectivity index (χ4n) is 2.12. The third kappa shape index (κ3) is 3.74. The number of amides is 1. The molecular formula is C17H15Cl3N2O. The van der Waals surface area contributed by atoms with E-state index < -0.39 is 0 Å². The summed E-state index contributed by atoms with van der Waals surface area (Å²) in [4.78, 5) is 12.1. The molecule has 1 fully saturated rings. The molecule has 1 aliphatic rings. The van der Waals surface area contributed by atoms with Crippen LogP contribution in [0.5, 0.6) is 0 Å². The van der Waals surface area contributed by atoms with Crippen molar-refractivity contribution in [2.75, 3.05) is 10.6 Å². The maximum Gasteiger partial charge on any atom is 0.230 e. The summed E-state index contributed by atoms with van der Waals surface area (Å²) in [7, 11) is 0. The normalized spacial score (nSPS) is 15.1. The van der Waals surface area contributed by atoms with Gasteiger partial charge >= 0.3 is 0 Å². The number of benzene rings is 2. The van der Waals surface area contributed by atoms with Crippen LogP contribution in [0, 0.1) is 5.41 Å². The van der Waals surface area contributed by atoms with Crippen molar-refractivity contribution in [3.63, 3.8) is 0 Å². The fraction of sp³-hybridized carbons (Fsp3) is 0.235. The van der Waals surface area contributed by atoms with Crippen molar-refractivity contribution in [1.29, 1.82) is 0 Å². The first-order valence-electron chi connectivity index (χ1n) is 7.20. The molecule has 1 saturated carbocycles. The summed E-state index contributed by atoms with van der Waals surface area (Å²) in [5.74, 6) is 0.0405. The van der Waals surface area contributed by atoms with Gasteiger partial charge in [0.1, 0.15) is 0 Å². The number of carbonyl (C=O) groups excluding carboxylic acids is 1. The van der Waals surface area contributed by atoms with E-state index in [9.17, 15) is 4.79 Å². The average Bonchev–Trinajstić information content (AvgIpc) is 3.25. The number of hydrogen-bond donors (Lipinski definition) is 2. The number of nitrogens with one attached hydrogen (secondary N) is 2. The van der Waals surface area contributed by atoms with Crippen LogP contribution in [0.25, 0.3) is 0 Å². The van der Waals surface area contributed by atoms with Crippen molar-refractivity contribution >= 4 is 57.8 Å². The molecule has 2 aromatic carbocycles. The van der Waals surface area contributed by atoms with Gasteiger partial charge in [0.15, 0.2) is 0 Å². The van der Waals surface area contributed by atoms with Crippen molar-refractivity contribution in [3.8, 4) is 0 Å². The van der Waals surface area contributed by atoms with Gasteiger partial charge in [-0.05, 0) is 49.2 Å². The highest BCUT2D eigenvalue weighted by atomic mass is 35.5. The van der Waals surface area contributed by atoms with Gasteiger partial charge in [0, 0.05) is 16.8 Å². The molecule has 0 atom stereocenters. The maximum atomic E-state index is 12.1. The van der Waals surface area contributed by atoms with Crippen LogP contribution in [-0.4, -0.2) is 5.91 Å². The Balaban J connectivity index is 1.74. The Morgan fingerprint density at radius 2 is 1.61 bits per heavy atom. The van der Waals surface area contributed by atoms with Crippen LogP contribution in [-0.2, 0) is 4.79 Å². The van der Waals surface area contributed by atoms with E-state index in [4.69, 9.17) is 34.8 Å². The summed E-state index contributed by atoms with van der Waals surface area (Å²) in [5, 5.41) is 7.55. The molecule has 0 unspecified atom stereocenters. The van der Waals surface area contributed by atoms with E-state index in [1.54, 1.807) is 18.2 Å². The highest BCUT2D eigenvalue weighted by Gasteiger charge is 2.44. The first kappa shape index (κ1) is 16.4. The number of carbonyl (C=O) groups is 1. The molecule has 0 heterocycles. The molecular weight excluding hydrogens is 355 g/mol. The fourth-order valence-corrected chi connectivity index (χ4v) is 2.65. The van der Waals surface area contributed by atoms with E-state index in [1.807, 2.05) is 25.1 Å². The SMILES string of the molecule is CC1(C(=O)Nc2ccc(Nc3ccc(Cl)c(Cl)c3)c(Cl)c2)CC1. The quantitative estimate of drug-likeness (QED) is 0.680. The predicted octanol–water partition coefficient (Wildman–Crippen LogP) is 6.13. The molecule has 3 nitrogen and oxygen atoms in total. The van der Waals surface area contributed by atoms with E-state index in [0.29, 0.717) is 20.8 Å². The number of rotatable bonds is 4. The zero-order chi connectivity index (χ0) is 16.6. The topological polar surface area (TPSA) is 41.1 Å². The molecule has 1 aliphatic carbocycles. The van der Waals surface area contributed by atoms with Gasteiger partial charge in [-0.2, -0.15) is 0 Å². The van der Waals surface area contributed by atoms with Gasteiger partial charge in [-0.3, -0.25) is 4.79 Å². The van der Waals surface area contributed by atoms with Crippen LogP contribution in [0.4, 0.5) is 17.1 Å². The van der Waals surface area contributed by atoms with Gasteiger partial charge in [-0.15, -0.1) is 0 Å². The molecule has 0 radical (unpaired) electrons. The lowest BCUT2D eigenvalue weighted by atomic mass is 10.1. The predicted molar refractivity (Wildman–Crippen MR) is 97.2 cm³/mol. The van der Waals surface area contributed by atoms with E-state index in [0.717, 1.165) is 24.2 Å². The van der Waals surface area contributed by atoms with Crippen molar-refractivity contribution in [2.45, 2.75) is 19.8 Å². The lowest BCUT2D eigenvalue weighted by Crippen LogP contribution is -2.21. The molecule has 0 saturated heterocycles. The molecule has 1 amide bonds. The monoisotopic (exact) mass is 368 g/mol. The summed E-state index contributed by atoms with van der Waals surface area (Å²) in [6.45, 7) is 1.96. The molecule has 0 bridgehead atoms. The van der Waals surface area contributed by atoms with Crippen molar-refractivity contribution in [3.05, 3.63) is 51.5 Å². The lowest BCUT2D eigenvalue weighted by Gasteiger charge is -2.13. The van der Waals surface area contributed by atoms with E-state index in [1.165, 1.54) is 0 Å². The Bertz CT molecular complexity index is 772. The molecule has 23 heavy (non-hydrogen) atoms. The molecule has 0 spiro atoms. The number of anilines is 3. The Labute approximate surface area is 149 Å². The van der Waals surface area contributed by atoms with Gasteiger partial charge in [0.05, 0.1) is 20.8 Å². The van der Waals surface area contributed by atoms with Crippen LogP contribution in [0.1, 0.15) is 19.8 Å². The Morgan fingerprint density at radius 1 is 0.957 bits per heavy atom. The zero-order valence-electron chi connectivity index (χ0n) is 12.4. The van der Waals surface area contributed by atoms with Gasteiger partial charge in [-0.25, -0.2) is 0 Å².